The van der Waals surface area contributed by atoms with Crippen molar-refractivity contribution in [1.82, 2.24) is 0 Å². The molecule has 1 rings (SSSR count). The molecule has 0 heterocycles. The minimum atomic E-state index is -0.345. The van der Waals surface area contributed by atoms with Crippen molar-refractivity contribution >= 4 is 11.6 Å². The highest BCUT2D eigenvalue weighted by molar-refractivity contribution is 5.91. The Balaban J connectivity index is 2.52. The molecule has 1 aromatic rings. The predicted molar refractivity (Wildman–Crippen MR) is 62.7 cm³/mol. The number of nitrogens with one attached hydrogen (secondary N) is 1. The van der Waals surface area contributed by atoms with Gasteiger partial charge in [-0.3, -0.25) is 4.79 Å². The van der Waals surface area contributed by atoms with Gasteiger partial charge in [-0.25, -0.2) is 4.39 Å². The first-order valence-corrected chi connectivity index (χ1v) is 5.39. The number of carbonyl (C=O) groups is 1. The van der Waals surface area contributed by atoms with Crippen molar-refractivity contribution in [3.8, 4) is 0 Å². The van der Waals surface area contributed by atoms with Gasteiger partial charge < -0.3 is 11.1 Å². The molecule has 0 saturated carbocycles. The van der Waals surface area contributed by atoms with Crippen molar-refractivity contribution in [3.05, 3.63) is 29.6 Å². The number of benzene rings is 1. The van der Waals surface area contributed by atoms with Crippen LogP contribution < -0.4 is 11.1 Å². The summed E-state index contributed by atoms with van der Waals surface area (Å²) in [6.45, 7) is 2.42. The van der Waals surface area contributed by atoms with Crippen LogP contribution in [0.25, 0.3) is 0 Å². The molecule has 4 heteroatoms. The molecule has 0 aliphatic heterocycles. The van der Waals surface area contributed by atoms with Crippen LogP contribution in [0.1, 0.15) is 24.8 Å². The number of hydrogen-bond donors (Lipinski definition) is 2. The van der Waals surface area contributed by atoms with Gasteiger partial charge in [0.05, 0.1) is 0 Å². The minimum absolute atomic E-state index is 0.0952. The third-order valence-electron chi connectivity index (χ3n) is 2.33. The van der Waals surface area contributed by atoms with Crippen LogP contribution >= 0.6 is 0 Å². The van der Waals surface area contributed by atoms with E-state index in [0.29, 0.717) is 18.7 Å². The van der Waals surface area contributed by atoms with Crippen molar-refractivity contribution in [2.24, 2.45) is 5.73 Å². The number of aryl methyl sites for hydroxylation is 1. The van der Waals surface area contributed by atoms with Gasteiger partial charge in [0, 0.05) is 12.1 Å². The summed E-state index contributed by atoms with van der Waals surface area (Å²) in [6, 6.07) is 4.35. The molecule has 16 heavy (non-hydrogen) atoms. The van der Waals surface area contributed by atoms with E-state index in [1.165, 1.54) is 12.1 Å². The quantitative estimate of drug-likeness (QED) is 0.753. The third-order valence-corrected chi connectivity index (χ3v) is 2.33. The largest absolute Gasteiger partial charge is 0.330 e. The topological polar surface area (TPSA) is 55.1 Å². The number of carbonyl (C=O) groups excluding carboxylic acids is 1. The summed E-state index contributed by atoms with van der Waals surface area (Å²) in [4.78, 5) is 11.5. The number of unbranched alkanes of at least 4 members (excludes halogenated alkanes) is 1. The van der Waals surface area contributed by atoms with Gasteiger partial charge >= 0.3 is 0 Å². The summed E-state index contributed by atoms with van der Waals surface area (Å²) in [6.07, 6.45) is 2.01. The first-order chi connectivity index (χ1) is 7.63. The number of hydrogen-bond acceptors (Lipinski definition) is 2. The van der Waals surface area contributed by atoms with E-state index in [0.717, 1.165) is 18.4 Å². The molecule has 3 N–H and O–H groups in total. The highest BCUT2D eigenvalue weighted by Crippen LogP contribution is 2.16. The predicted octanol–water partition coefficient (Wildman–Crippen LogP) is 2.20. The van der Waals surface area contributed by atoms with Crippen LogP contribution in [-0.2, 0) is 4.79 Å². The number of nitrogens with two attached hydrogens (primary N) is 1. The van der Waals surface area contributed by atoms with E-state index in [4.69, 9.17) is 5.73 Å². The monoisotopic (exact) mass is 224 g/mol. The van der Waals surface area contributed by atoms with Gasteiger partial charge in [-0.15, -0.1) is 0 Å². The molecule has 0 bridgehead atoms. The average Bonchev–Trinajstić information content (AvgIpc) is 2.24. The molecule has 0 unspecified atom stereocenters. The lowest BCUT2D eigenvalue weighted by atomic mass is 10.2. The SMILES string of the molecule is Cc1ccc(F)cc1NC(=O)CCCCN. The van der Waals surface area contributed by atoms with Gasteiger partial charge in [-0.05, 0) is 44.0 Å². The summed E-state index contributed by atoms with van der Waals surface area (Å²) in [5, 5.41) is 2.69. The highest BCUT2D eigenvalue weighted by Gasteiger charge is 2.05. The van der Waals surface area contributed by atoms with Gasteiger partial charge in [-0.2, -0.15) is 0 Å². The van der Waals surface area contributed by atoms with Gasteiger partial charge in [-0.1, -0.05) is 6.07 Å². The van der Waals surface area contributed by atoms with Gasteiger partial charge in [0.15, 0.2) is 0 Å². The first-order valence-electron chi connectivity index (χ1n) is 5.39. The van der Waals surface area contributed by atoms with E-state index in [1.54, 1.807) is 6.07 Å². The molecule has 0 spiro atoms. The molecular formula is C12H17FN2O. The Labute approximate surface area is 94.8 Å². The normalized spacial score (nSPS) is 10.2. The van der Waals surface area contributed by atoms with Gasteiger partial charge in [0.25, 0.3) is 0 Å². The number of rotatable bonds is 5. The lowest BCUT2D eigenvalue weighted by molar-refractivity contribution is -0.116. The lowest BCUT2D eigenvalue weighted by Gasteiger charge is -2.08. The summed E-state index contributed by atoms with van der Waals surface area (Å²) in [5.41, 5.74) is 6.72. The molecule has 0 saturated heterocycles. The Morgan fingerprint density at radius 2 is 2.19 bits per heavy atom. The fourth-order valence-electron chi connectivity index (χ4n) is 1.37. The Morgan fingerprint density at radius 1 is 1.44 bits per heavy atom. The second kappa shape index (κ2) is 6.23. The molecule has 0 aliphatic rings. The van der Waals surface area contributed by atoms with Crippen LogP contribution in [0.15, 0.2) is 18.2 Å². The minimum Gasteiger partial charge on any atom is -0.330 e. The fraction of sp³-hybridized carbons (Fsp3) is 0.417. The van der Waals surface area contributed by atoms with Crippen molar-refractivity contribution < 1.29 is 9.18 Å². The molecule has 1 amide bonds. The van der Waals surface area contributed by atoms with E-state index in [2.05, 4.69) is 5.32 Å². The lowest BCUT2D eigenvalue weighted by Crippen LogP contribution is -2.13. The molecule has 0 aromatic heterocycles. The molecule has 0 fully saturated rings. The maximum Gasteiger partial charge on any atom is 0.224 e. The fourth-order valence-corrected chi connectivity index (χ4v) is 1.37. The van der Waals surface area contributed by atoms with E-state index in [1.807, 2.05) is 6.92 Å². The van der Waals surface area contributed by atoms with Crippen molar-refractivity contribution in [2.45, 2.75) is 26.2 Å². The van der Waals surface area contributed by atoms with Crippen molar-refractivity contribution in [3.63, 3.8) is 0 Å². The Kier molecular flexibility index (Phi) is 4.92. The summed E-state index contributed by atoms with van der Waals surface area (Å²) in [5.74, 6) is -0.440. The van der Waals surface area contributed by atoms with E-state index in [-0.39, 0.29) is 11.7 Å². The zero-order valence-electron chi connectivity index (χ0n) is 9.42. The van der Waals surface area contributed by atoms with E-state index in [9.17, 15) is 9.18 Å². The number of anilines is 1. The number of amides is 1. The second-order valence-corrected chi connectivity index (χ2v) is 3.75. The molecule has 0 atom stereocenters. The van der Waals surface area contributed by atoms with Crippen molar-refractivity contribution in [1.29, 1.82) is 0 Å². The Bertz CT molecular complexity index is 366. The van der Waals surface area contributed by atoms with Crippen LogP contribution in [0.3, 0.4) is 0 Å². The van der Waals surface area contributed by atoms with Crippen LogP contribution in [0.2, 0.25) is 0 Å². The second-order valence-electron chi connectivity index (χ2n) is 3.75. The van der Waals surface area contributed by atoms with Crippen LogP contribution in [0.4, 0.5) is 10.1 Å². The molecule has 3 nitrogen and oxygen atoms in total. The van der Waals surface area contributed by atoms with E-state index < -0.39 is 0 Å². The smallest absolute Gasteiger partial charge is 0.224 e. The van der Waals surface area contributed by atoms with Crippen LogP contribution in [0, 0.1) is 12.7 Å². The van der Waals surface area contributed by atoms with Gasteiger partial charge in [0.1, 0.15) is 5.82 Å². The molecule has 0 aliphatic carbocycles. The molecule has 88 valence electrons. The molecular weight excluding hydrogens is 207 g/mol. The summed E-state index contributed by atoms with van der Waals surface area (Å²) in [7, 11) is 0. The summed E-state index contributed by atoms with van der Waals surface area (Å²) < 4.78 is 12.9. The third kappa shape index (κ3) is 3.98. The standard InChI is InChI=1S/C12H17FN2O/c1-9-5-6-10(13)8-11(9)15-12(16)4-2-3-7-14/h5-6,8H,2-4,7,14H2,1H3,(H,15,16). The maximum atomic E-state index is 12.9. The van der Waals surface area contributed by atoms with Crippen LogP contribution in [0.5, 0.6) is 0 Å². The summed E-state index contributed by atoms with van der Waals surface area (Å²) >= 11 is 0. The highest BCUT2D eigenvalue weighted by atomic mass is 19.1. The van der Waals surface area contributed by atoms with Crippen LogP contribution in [-0.4, -0.2) is 12.5 Å². The molecule has 0 radical (unpaired) electrons. The number of halogens is 1. The van der Waals surface area contributed by atoms with Crippen molar-refractivity contribution in [2.75, 3.05) is 11.9 Å². The zero-order chi connectivity index (χ0) is 12.0. The first kappa shape index (κ1) is 12.6. The van der Waals surface area contributed by atoms with E-state index >= 15 is 0 Å². The zero-order valence-corrected chi connectivity index (χ0v) is 9.42. The van der Waals surface area contributed by atoms with Gasteiger partial charge in [0.2, 0.25) is 5.91 Å². The maximum absolute atomic E-state index is 12.9. The Hall–Kier alpha value is -1.42. The molecule has 1 aromatic carbocycles. The Morgan fingerprint density at radius 3 is 2.88 bits per heavy atom. The average molecular weight is 224 g/mol.